The average molecular weight is 368 g/mol. The highest BCUT2D eigenvalue weighted by Crippen LogP contribution is 2.17. The molecule has 0 radical (unpaired) electrons. The number of hydrogen-bond donors (Lipinski definition) is 1. The topological polar surface area (TPSA) is 87.2 Å². The largest absolute Gasteiger partial charge is 0.445 e. The van der Waals surface area contributed by atoms with E-state index in [1.165, 1.54) is 17.2 Å². The van der Waals surface area contributed by atoms with E-state index in [2.05, 4.69) is 6.58 Å². The van der Waals surface area contributed by atoms with Gasteiger partial charge in [0.25, 0.3) is 0 Å². The van der Waals surface area contributed by atoms with Gasteiger partial charge in [0.15, 0.2) is 9.84 Å². The quantitative estimate of drug-likeness (QED) is 0.774. The minimum Gasteiger partial charge on any atom is -0.445 e. The Morgan fingerprint density at radius 1 is 1.36 bits per heavy atom. The molecule has 0 bridgehead atoms. The molecule has 1 aliphatic rings. The SMILES string of the molecule is C=CCN(C(=O)OCc1ccc(S(C)(=O)=O)cc1)C1CCN(O)CC1. The van der Waals surface area contributed by atoms with Crippen LogP contribution in [0.5, 0.6) is 0 Å². The van der Waals surface area contributed by atoms with E-state index >= 15 is 0 Å². The van der Waals surface area contributed by atoms with Gasteiger partial charge in [0.05, 0.1) is 4.90 Å². The number of ether oxygens (including phenoxy) is 1. The molecule has 25 heavy (non-hydrogen) atoms. The Labute approximate surface area is 148 Å². The van der Waals surface area contributed by atoms with Crippen LogP contribution in [0.15, 0.2) is 41.8 Å². The molecule has 0 spiro atoms. The van der Waals surface area contributed by atoms with Crippen molar-refractivity contribution < 1.29 is 23.2 Å². The van der Waals surface area contributed by atoms with Crippen LogP contribution >= 0.6 is 0 Å². The van der Waals surface area contributed by atoms with Crippen molar-refractivity contribution in [3.05, 3.63) is 42.5 Å². The van der Waals surface area contributed by atoms with Crippen LogP contribution in [0.1, 0.15) is 18.4 Å². The van der Waals surface area contributed by atoms with E-state index in [1.807, 2.05) is 0 Å². The lowest BCUT2D eigenvalue weighted by Gasteiger charge is -2.35. The van der Waals surface area contributed by atoms with Gasteiger partial charge < -0.3 is 14.8 Å². The molecule has 1 aromatic rings. The van der Waals surface area contributed by atoms with Crippen LogP contribution in [0.3, 0.4) is 0 Å². The van der Waals surface area contributed by atoms with Crippen LogP contribution in [0, 0.1) is 0 Å². The van der Waals surface area contributed by atoms with E-state index in [4.69, 9.17) is 4.74 Å². The second-order valence-electron chi connectivity index (χ2n) is 6.10. The Morgan fingerprint density at radius 3 is 2.48 bits per heavy atom. The molecule has 7 nitrogen and oxygen atoms in total. The van der Waals surface area contributed by atoms with Gasteiger partial charge >= 0.3 is 6.09 Å². The number of hydrogen-bond acceptors (Lipinski definition) is 6. The summed E-state index contributed by atoms with van der Waals surface area (Å²) in [5, 5.41) is 10.7. The summed E-state index contributed by atoms with van der Waals surface area (Å²) in [5.41, 5.74) is 0.712. The highest BCUT2D eigenvalue weighted by Gasteiger charge is 2.27. The van der Waals surface area contributed by atoms with Crippen LogP contribution in [0.25, 0.3) is 0 Å². The minimum absolute atomic E-state index is 0.00140. The van der Waals surface area contributed by atoms with Crippen LogP contribution in [-0.4, -0.2) is 61.6 Å². The average Bonchev–Trinajstić information content (AvgIpc) is 2.58. The second kappa shape index (κ2) is 8.46. The molecule has 1 fully saturated rings. The summed E-state index contributed by atoms with van der Waals surface area (Å²) in [4.78, 5) is 14.2. The number of piperidine rings is 1. The van der Waals surface area contributed by atoms with E-state index in [-0.39, 0.29) is 17.5 Å². The van der Waals surface area contributed by atoms with Gasteiger partial charge in [0.1, 0.15) is 6.61 Å². The molecule has 1 aromatic carbocycles. The number of amides is 1. The maximum absolute atomic E-state index is 12.4. The van der Waals surface area contributed by atoms with Gasteiger partial charge in [-0.3, -0.25) is 0 Å². The summed E-state index contributed by atoms with van der Waals surface area (Å²) in [6.07, 6.45) is 3.69. The summed E-state index contributed by atoms with van der Waals surface area (Å²) in [6.45, 7) is 5.14. The summed E-state index contributed by atoms with van der Waals surface area (Å²) >= 11 is 0. The van der Waals surface area contributed by atoms with Crippen molar-refractivity contribution in [2.24, 2.45) is 0 Å². The molecule has 0 saturated carbocycles. The highest BCUT2D eigenvalue weighted by molar-refractivity contribution is 7.90. The zero-order valence-electron chi connectivity index (χ0n) is 14.3. The fraction of sp³-hybridized carbons (Fsp3) is 0.471. The van der Waals surface area contributed by atoms with Gasteiger partial charge in [-0.05, 0) is 30.5 Å². The minimum atomic E-state index is -3.24. The molecule has 1 N–H and O–H groups in total. The van der Waals surface area contributed by atoms with Crippen molar-refractivity contribution in [2.75, 3.05) is 25.9 Å². The van der Waals surface area contributed by atoms with E-state index < -0.39 is 15.9 Å². The smallest absolute Gasteiger partial charge is 0.410 e. The third kappa shape index (κ3) is 5.55. The van der Waals surface area contributed by atoms with Gasteiger partial charge in [0.2, 0.25) is 0 Å². The Bertz CT molecular complexity index is 694. The number of benzene rings is 1. The van der Waals surface area contributed by atoms with E-state index in [0.29, 0.717) is 38.0 Å². The zero-order chi connectivity index (χ0) is 18.4. The molecular formula is C17H24N2O5S. The summed E-state index contributed by atoms with van der Waals surface area (Å²) in [5.74, 6) is 0. The molecule has 0 aliphatic carbocycles. The first-order chi connectivity index (χ1) is 11.8. The third-order valence-corrected chi connectivity index (χ3v) is 5.28. The Morgan fingerprint density at radius 2 is 1.96 bits per heavy atom. The lowest BCUT2D eigenvalue weighted by atomic mass is 10.1. The maximum atomic E-state index is 12.4. The lowest BCUT2D eigenvalue weighted by Crippen LogP contribution is -2.46. The summed E-state index contributed by atoms with van der Waals surface area (Å²) in [6, 6.07) is 6.26. The molecule has 1 saturated heterocycles. The molecule has 1 amide bonds. The third-order valence-electron chi connectivity index (χ3n) is 4.16. The monoisotopic (exact) mass is 368 g/mol. The molecule has 138 valence electrons. The van der Waals surface area contributed by atoms with Crippen molar-refractivity contribution in [3.63, 3.8) is 0 Å². The summed E-state index contributed by atoms with van der Waals surface area (Å²) < 4.78 is 28.3. The fourth-order valence-corrected chi connectivity index (χ4v) is 3.37. The standard InChI is InChI=1S/C17H24N2O5S/c1-3-10-19(15-8-11-18(21)12-9-15)17(20)24-13-14-4-6-16(7-5-14)25(2,22)23/h3-7,15,21H,1,8-13H2,2H3. The van der Waals surface area contributed by atoms with Gasteiger partial charge in [-0.2, -0.15) is 5.06 Å². The fourth-order valence-electron chi connectivity index (χ4n) is 2.74. The van der Waals surface area contributed by atoms with Crippen LogP contribution < -0.4 is 0 Å². The van der Waals surface area contributed by atoms with E-state index in [1.54, 1.807) is 23.1 Å². The van der Waals surface area contributed by atoms with Crippen molar-refractivity contribution in [1.82, 2.24) is 9.96 Å². The first-order valence-corrected chi connectivity index (χ1v) is 9.97. The highest BCUT2D eigenvalue weighted by atomic mass is 32.2. The van der Waals surface area contributed by atoms with Crippen molar-refractivity contribution >= 4 is 15.9 Å². The van der Waals surface area contributed by atoms with Crippen molar-refractivity contribution in [2.45, 2.75) is 30.4 Å². The summed E-state index contributed by atoms with van der Waals surface area (Å²) in [7, 11) is -3.24. The number of hydroxylamine groups is 2. The number of sulfone groups is 1. The van der Waals surface area contributed by atoms with Crippen LogP contribution in [0.2, 0.25) is 0 Å². The predicted molar refractivity (Wildman–Crippen MR) is 93.0 cm³/mol. The molecule has 0 unspecified atom stereocenters. The van der Waals surface area contributed by atoms with Crippen molar-refractivity contribution in [3.8, 4) is 0 Å². The number of nitrogens with zero attached hydrogens (tertiary/aromatic N) is 2. The van der Waals surface area contributed by atoms with E-state index in [0.717, 1.165) is 6.26 Å². The van der Waals surface area contributed by atoms with Gasteiger partial charge in [0, 0.05) is 31.9 Å². The molecule has 0 aromatic heterocycles. The zero-order valence-corrected chi connectivity index (χ0v) is 15.1. The molecule has 1 heterocycles. The van der Waals surface area contributed by atoms with Crippen molar-refractivity contribution in [1.29, 1.82) is 0 Å². The normalized spacial score (nSPS) is 16.4. The number of rotatable bonds is 6. The second-order valence-corrected chi connectivity index (χ2v) is 8.11. The first kappa shape index (κ1) is 19.4. The molecule has 8 heteroatoms. The first-order valence-electron chi connectivity index (χ1n) is 8.08. The molecule has 0 atom stereocenters. The van der Waals surface area contributed by atoms with Gasteiger partial charge in [-0.15, -0.1) is 6.58 Å². The number of carbonyl (C=O) groups excluding carboxylic acids is 1. The maximum Gasteiger partial charge on any atom is 0.410 e. The Hall–Kier alpha value is -1.90. The number of carbonyl (C=O) groups is 1. The van der Waals surface area contributed by atoms with Crippen LogP contribution in [0.4, 0.5) is 4.79 Å². The molecule has 2 rings (SSSR count). The van der Waals surface area contributed by atoms with Crippen LogP contribution in [-0.2, 0) is 21.2 Å². The van der Waals surface area contributed by atoms with Gasteiger partial charge in [-0.25, -0.2) is 13.2 Å². The molecular weight excluding hydrogens is 344 g/mol. The Balaban J connectivity index is 1.95. The van der Waals surface area contributed by atoms with E-state index in [9.17, 15) is 18.4 Å². The molecule has 1 aliphatic heterocycles. The predicted octanol–water partition coefficient (Wildman–Crippen LogP) is 2.07. The van der Waals surface area contributed by atoms with Gasteiger partial charge in [-0.1, -0.05) is 18.2 Å². The lowest BCUT2D eigenvalue weighted by molar-refractivity contribution is -0.114. The Kier molecular flexibility index (Phi) is 6.57.